The Labute approximate surface area is 111 Å². The maximum absolute atomic E-state index is 6.12. The monoisotopic (exact) mass is 262 g/mol. The van der Waals surface area contributed by atoms with E-state index in [9.17, 15) is 0 Å². The second kappa shape index (κ2) is 5.80. The summed E-state index contributed by atoms with van der Waals surface area (Å²) < 4.78 is 0. The number of halogens is 1. The lowest BCUT2D eigenvalue weighted by atomic mass is 10.2. The summed E-state index contributed by atoms with van der Waals surface area (Å²) in [4.78, 5) is 8.78. The van der Waals surface area contributed by atoms with Crippen molar-refractivity contribution in [1.29, 1.82) is 0 Å². The highest BCUT2D eigenvalue weighted by molar-refractivity contribution is 6.33. The maximum atomic E-state index is 6.12. The molecule has 1 aromatic carbocycles. The number of aromatic nitrogens is 2. The van der Waals surface area contributed by atoms with Crippen molar-refractivity contribution in [1.82, 2.24) is 9.97 Å². The first-order valence-corrected chi connectivity index (χ1v) is 6.12. The molecule has 5 heteroatoms. The number of nitrogens with two attached hydrogens (primary N) is 1. The van der Waals surface area contributed by atoms with Crippen LogP contribution in [0.15, 0.2) is 30.5 Å². The van der Waals surface area contributed by atoms with Crippen LogP contribution >= 0.6 is 11.6 Å². The Bertz CT molecular complexity index is 542. The summed E-state index contributed by atoms with van der Waals surface area (Å²) in [7, 11) is 0. The quantitative estimate of drug-likeness (QED) is 0.889. The second-order valence-corrected chi connectivity index (χ2v) is 4.30. The molecule has 0 aliphatic rings. The molecule has 0 saturated carbocycles. The molecule has 0 aliphatic heterocycles. The molecule has 2 rings (SSSR count). The van der Waals surface area contributed by atoms with Gasteiger partial charge in [-0.1, -0.05) is 23.7 Å². The van der Waals surface area contributed by atoms with E-state index in [1.807, 2.05) is 31.2 Å². The van der Waals surface area contributed by atoms with Crippen LogP contribution in [0.2, 0.25) is 5.02 Å². The standard InChI is InChI=1S/C13H15ClN4/c1-9-12(16-7-6-15)8-17-13(18-9)10-4-2-3-5-11(10)14/h2-5,8,16H,6-7,15H2,1H3. The third kappa shape index (κ3) is 2.78. The van der Waals surface area contributed by atoms with Crippen LogP contribution < -0.4 is 11.1 Å². The first-order chi connectivity index (χ1) is 8.72. The highest BCUT2D eigenvalue weighted by atomic mass is 35.5. The fraction of sp³-hybridized carbons (Fsp3) is 0.231. The molecule has 3 N–H and O–H groups in total. The lowest BCUT2D eigenvalue weighted by Crippen LogP contribution is -2.14. The molecular weight excluding hydrogens is 248 g/mol. The smallest absolute Gasteiger partial charge is 0.161 e. The van der Waals surface area contributed by atoms with E-state index in [0.717, 1.165) is 16.9 Å². The van der Waals surface area contributed by atoms with Crippen molar-refractivity contribution < 1.29 is 0 Å². The molecule has 18 heavy (non-hydrogen) atoms. The lowest BCUT2D eigenvalue weighted by molar-refractivity contribution is 1.00. The van der Waals surface area contributed by atoms with E-state index < -0.39 is 0 Å². The summed E-state index contributed by atoms with van der Waals surface area (Å²) in [5, 5.41) is 3.83. The predicted molar refractivity (Wildman–Crippen MR) is 74.8 cm³/mol. The Morgan fingerprint density at radius 2 is 2.11 bits per heavy atom. The number of anilines is 1. The van der Waals surface area contributed by atoms with Gasteiger partial charge in [-0.15, -0.1) is 0 Å². The summed E-state index contributed by atoms with van der Waals surface area (Å²) >= 11 is 6.12. The van der Waals surface area contributed by atoms with Crippen molar-refractivity contribution in [3.05, 3.63) is 41.2 Å². The molecule has 0 bridgehead atoms. The van der Waals surface area contributed by atoms with E-state index >= 15 is 0 Å². The van der Waals surface area contributed by atoms with Gasteiger partial charge >= 0.3 is 0 Å². The minimum absolute atomic E-state index is 0.575. The van der Waals surface area contributed by atoms with Crippen LogP contribution in [-0.2, 0) is 0 Å². The van der Waals surface area contributed by atoms with E-state index in [1.54, 1.807) is 6.20 Å². The van der Waals surface area contributed by atoms with Crippen LogP contribution in [0.3, 0.4) is 0 Å². The zero-order valence-corrected chi connectivity index (χ0v) is 10.9. The van der Waals surface area contributed by atoms with Gasteiger partial charge in [-0.3, -0.25) is 0 Å². The maximum Gasteiger partial charge on any atom is 0.161 e. The van der Waals surface area contributed by atoms with E-state index in [2.05, 4.69) is 15.3 Å². The van der Waals surface area contributed by atoms with Gasteiger partial charge < -0.3 is 11.1 Å². The zero-order valence-electron chi connectivity index (χ0n) is 10.2. The van der Waals surface area contributed by atoms with Crippen LogP contribution in [0, 0.1) is 6.92 Å². The Morgan fingerprint density at radius 1 is 1.33 bits per heavy atom. The Kier molecular flexibility index (Phi) is 4.12. The van der Waals surface area contributed by atoms with Crippen molar-refractivity contribution in [2.75, 3.05) is 18.4 Å². The summed E-state index contributed by atoms with van der Waals surface area (Å²) in [6, 6.07) is 7.54. The van der Waals surface area contributed by atoms with Gasteiger partial charge in [-0.25, -0.2) is 9.97 Å². The number of benzene rings is 1. The molecule has 1 aromatic heterocycles. The van der Waals surface area contributed by atoms with E-state index in [0.29, 0.717) is 23.9 Å². The van der Waals surface area contributed by atoms with Crippen molar-refractivity contribution in [3.63, 3.8) is 0 Å². The first-order valence-electron chi connectivity index (χ1n) is 5.75. The number of nitrogens with one attached hydrogen (secondary N) is 1. The molecule has 0 saturated heterocycles. The van der Waals surface area contributed by atoms with Gasteiger partial charge in [0.25, 0.3) is 0 Å². The van der Waals surface area contributed by atoms with Crippen LogP contribution in [0.1, 0.15) is 5.69 Å². The van der Waals surface area contributed by atoms with Crippen molar-refractivity contribution in [2.45, 2.75) is 6.92 Å². The highest BCUT2D eigenvalue weighted by Gasteiger charge is 2.07. The summed E-state index contributed by atoms with van der Waals surface area (Å²) in [6.07, 6.45) is 1.76. The SMILES string of the molecule is Cc1nc(-c2ccccc2Cl)ncc1NCCN. The van der Waals surface area contributed by atoms with Gasteiger partial charge in [0, 0.05) is 18.7 Å². The predicted octanol–water partition coefficient (Wildman–Crippen LogP) is 2.48. The zero-order chi connectivity index (χ0) is 13.0. The third-order valence-corrected chi connectivity index (χ3v) is 2.88. The van der Waals surface area contributed by atoms with Gasteiger partial charge in [-0.05, 0) is 19.1 Å². The minimum Gasteiger partial charge on any atom is -0.381 e. The average Bonchev–Trinajstić information content (AvgIpc) is 2.38. The topological polar surface area (TPSA) is 63.8 Å². The molecule has 0 amide bonds. The van der Waals surface area contributed by atoms with Gasteiger partial charge in [0.2, 0.25) is 0 Å². The van der Waals surface area contributed by atoms with E-state index in [4.69, 9.17) is 17.3 Å². The number of aryl methyl sites for hydroxylation is 1. The van der Waals surface area contributed by atoms with E-state index in [1.165, 1.54) is 0 Å². The van der Waals surface area contributed by atoms with Gasteiger partial charge in [0.15, 0.2) is 5.82 Å². The summed E-state index contributed by atoms with van der Waals surface area (Å²) in [5.74, 6) is 0.636. The summed E-state index contributed by atoms with van der Waals surface area (Å²) in [6.45, 7) is 3.21. The fourth-order valence-electron chi connectivity index (χ4n) is 1.62. The first kappa shape index (κ1) is 12.8. The number of rotatable bonds is 4. The number of nitrogens with zero attached hydrogens (tertiary/aromatic N) is 2. The third-order valence-electron chi connectivity index (χ3n) is 2.55. The molecule has 4 nitrogen and oxygen atoms in total. The second-order valence-electron chi connectivity index (χ2n) is 3.89. The minimum atomic E-state index is 0.575. The molecule has 0 spiro atoms. The molecule has 0 fully saturated rings. The number of hydrogen-bond acceptors (Lipinski definition) is 4. The van der Waals surface area contributed by atoms with Crippen LogP contribution in [0.25, 0.3) is 11.4 Å². The molecule has 2 aromatic rings. The lowest BCUT2D eigenvalue weighted by Gasteiger charge is -2.09. The highest BCUT2D eigenvalue weighted by Crippen LogP contribution is 2.25. The van der Waals surface area contributed by atoms with Crippen LogP contribution in [0.4, 0.5) is 5.69 Å². The number of hydrogen-bond donors (Lipinski definition) is 2. The molecular formula is C13H15ClN4. The van der Waals surface area contributed by atoms with Gasteiger partial charge in [-0.2, -0.15) is 0 Å². The molecule has 94 valence electrons. The molecule has 0 unspecified atom stereocenters. The Balaban J connectivity index is 2.32. The Morgan fingerprint density at radius 3 is 2.78 bits per heavy atom. The summed E-state index contributed by atoms with van der Waals surface area (Å²) in [5.41, 5.74) is 8.07. The molecule has 0 aliphatic carbocycles. The molecule has 1 heterocycles. The van der Waals surface area contributed by atoms with Crippen molar-refractivity contribution >= 4 is 17.3 Å². The van der Waals surface area contributed by atoms with Gasteiger partial charge in [0.1, 0.15) is 0 Å². The largest absolute Gasteiger partial charge is 0.381 e. The van der Waals surface area contributed by atoms with E-state index in [-0.39, 0.29) is 0 Å². The average molecular weight is 263 g/mol. The van der Waals surface area contributed by atoms with Crippen LogP contribution in [0.5, 0.6) is 0 Å². The van der Waals surface area contributed by atoms with Gasteiger partial charge in [0.05, 0.1) is 22.6 Å². The van der Waals surface area contributed by atoms with Crippen LogP contribution in [-0.4, -0.2) is 23.1 Å². The fourth-order valence-corrected chi connectivity index (χ4v) is 1.84. The van der Waals surface area contributed by atoms with Crippen molar-refractivity contribution in [3.8, 4) is 11.4 Å². The van der Waals surface area contributed by atoms with Crippen molar-refractivity contribution in [2.24, 2.45) is 5.73 Å². The molecule has 0 atom stereocenters. The molecule has 0 radical (unpaired) electrons. The Hall–Kier alpha value is -1.65. The normalized spacial score (nSPS) is 10.4.